The molecule has 0 spiro atoms. The minimum absolute atomic E-state index is 0.0513. The number of alkyl halides is 3. The number of methoxy groups -OCH3 is 1. The van der Waals surface area contributed by atoms with Crippen LogP contribution in [0.3, 0.4) is 0 Å². The van der Waals surface area contributed by atoms with Crippen molar-refractivity contribution in [3.05, 3.63) is 78.1 Å². The number of hydrogen-bond donors (Lipinski definition) is 2. The number of benzene rings is 3. The summed E-state index contributed by atoms with van der Waals surface area (Å²) in [6, 6.07) is 15.4. The first-order valence-corrected chi connectivity index (χ1v) is 12.7. The van der Waals surface area contributed by atoms with Crippen molar-refractivity contribution < 1.29 is 22.7 Å². The molecule has 2 aromatic heterocycles. The predicted molar refractivity (Wildman–Crippen MR) is 148 cm³/mol. The van der Waals surface area contributed by atoms with Crippen molar-refractivity contribution in [1.29, 1.82) is 0 Å². The Bertz CT molecular complexity index is 1780. The third kappa shape index (κ3) is 4.88. The molecule has 0 aliphatic heterocycles. The smallest absolute Gasteiger partial charge is 0.420 e. The van der Waals surface area contributed by atoms with Gasteiger partial charge in [0.15, 0.2) is 0 Å². The average molecular weight is 544 g/mol. The molecule has 1 saturated carbocycles. The SMILES string of the molecule is COc1ccc(Nc2nccc3c(-c4ccc5nc(NC(=O)C6CC6)ncc5c4)c(C)ccc23)cc1C(F)(F)F. The Balaban J connectivity index is 1.37. The predicted octanol–water partition coefficient (Wildman–Crippen LogP) is 7.27. The Morgan fingerprint density at radius 1 is 1.00 bits per heavy atom. The van der Waals surface area contributed by atoms with Crippen LogP contribution >= 0.6 is 0 Å². The Morgan fingerprint density at radius 3 is 2.58 bits per heavy atom. The fourth-order valence-corrected chi connectivity index (χ4v) is 4.80. The van der Waals surface area contributed by atoms with Gasteiger partial charge in [0.25, 0.3) is 0 Å². The lowest BCUT2D eigenvalue weighted by Gasteiger charge is -2.16. The van der Waals surface area contributed by atoms with Gasteiger partial charge in [0.2, 0.25) is 11.9 Å². The largest absolute Gasteiger partial charge is 0.496 e. The monoisotopic (exact) mass is 543 g/mol. The van der Waals surface area contributed by atoms with E-state index in [1.165, 1.54) is 19.2 Å². The van der Waals surface area contributed by atoms with E-state index in [1.807, 2.05) is 43.3 Å². The molecule has 6 rings (SSSR count). The maximum Gasteiger partial charge on any atom is 0.420 e. The number of aromatic nitrogens is 3. The van der Waals surface area contributed by atoms with Gasteiger partial charge in [-0.15, -0.1) is 0 Å². The van der Waals surface area contributed by atoms with Crippen LogP contribution < -0.4 is 15.4 Å². The van der Waals surface area contributed by atoms with Gasteiger partial charge in [-0.2, -0.15) is 13.2 Å². The first-order chi connectivity index (χ1) is 19.2. The number of anilines is 3. The van der Waals surface area contributed by atoms with Crippen molar-refractivity contribution in [2.75, 3.05) is 17.7 Å². The Hall–Kier alpha value is -4.73. The molecular weight excluding hydrogens is 519 g/mol. The molecule has 2 N–H and O–H groups in total. The molecule has 7 nitrogen and oxygen atoms in total. The number of hydrogen-bond acceptors (Lipinski definition) is 6. The molecule has 2 heterocycles. The van der Waals surface area contributed by atoms with Gasteiger partial charge >= 0.3 is 6.18 Å². The van der Waals surface area contributed by atoms with Gasteiger partial charge in [0.1, 0.15) is 11.6 Å². The number of halogens is 3. The van der Waals surface area contributed by atoms with Crippen molar-refractivity contribution in [2.45, 2.75) is 25.9 Å². The van der Waals surface area contributed by atoms with Crippen molar-refractivity contribution in [3.8, 4) is 16.9 Å². The lowest BCUT2D eigenvalue weighted by Crippen LogP contribution is -2.15. The summed E-state index contributed by atoms with van der Waals surface area (Å²) in [5, 5.41) is 8.27. The zero-order valence-electron chi connectivity index (χ0n) is 21.6. The average Bonchev–Trinajstić information content (AvgIpc) is 3.78. The molecule has 10 heteroatoms. The highest BCUT2D eigenvalue weighted by molar-refractivity contribution is 6.04. The standard InChI is InChI=1S/C30H24F3N5O2/c1-16-3-8-22-21(11-12-34-27(22)36-20-7-10-25(40-2)23(14-20)30(31,32)33)26(16)18-6-9-24-19(13-18)15-35-29(37-24)38-28(39)17-4-5-17/h3,6-15,17H,4-5H2,1-2H3,(H,34,36)(H,35,37,38,39). The highest BCUT2D eigenvalue weighted by Gasteiger charge is 2.34. The van der Waals surface area contributed by atoms with Gasteiger partial charge in [0.05, 0.1) is 18.2 Å². The second-order valence-corrected chi connectivity index (χ2v) is 9.78. The van der Waals surface area contributed by atoms with Crippen LogP contribution in [0.25, 0.3) is 32.8 Å². The minimum atomic E-state index is -4.57. The summed E-state index contributed by atoms with van der Waals surface area (Å²) >= 11 is 0. The number of carbonyl (C=O) groups excluding carboxylic acids is 1. The Kier molecular flexibility index (Phi) is 6.25. The van der Waals surface area contributed by atoms with Crippen LogP contribution in [0.2, 0.25) is 0 Å². The van der Waals surface area contributed by atoms with E-state index in [2.05, 4.69) is 25.6 Å². The normalized spacial score (nSPS) is 13.4. The first kappa shape index (κ1) is 25.5. The molecule has 5 aromatic rings. The van der Waals surface area contributed by atoms with E-state index in [-0.39, 0.29) is 29.2 Å². The summed E-state index contributed by atoms with van der Waals surface area (Å²) in [6.07, 6.45) is 0.540. The highest BCUT2D eigenvalue weighted by atomic mass is 19.4. The molecule has 202 valence electrons. The van der Waals surface area contributed by atoms with Crippen LogP contribution in [0.15, 0.2) is 67.0 Å². The molecule has 1 amide bonds. The number of aryl methyl sites for hydroxylation is 1. The molecule has 1 aliphatic carbocycles. The van der Waals surface area contributed by atoms with Crippen molar-refractivity contribution in [2.24, 2.45) is 5.92 Å². The maximum atomic E-state index is 13.6. The van der Waals surface area contributed by atoms with Crippen LogP contribution in [0.1, 0.15) is 24.0 Å². The van der Waals surface area contributed by atoms with Crippen LogP contribution in [-0.4, -0.2) is 28.0 Å². The fourth-order valence-electron chi connectivity index (χ4n) is 4.80. The van der Waals surface area contributed by atoms with E-state index in [0.29, 0.717) is 11.3 Å². The Morgan fingerprint density at radius 2 is 1.82 bits per heavy atom. The fraction of sp³-hybridized carbons (Fsp3) is 0.200. The summed E-state index contributed by atoms with van der Waals surface area (Å²) in [7, 11) is 1.21. The molecule has 1 aliphatic rings. The van der Waals surface area contributed by atoms with Gasteiger partial charge in [-0.1, -0.05) is 18.2 Å². The van der Waals surface area contributed by atoms with E-state index in [1.54, 1.807) is 12.4 Å². The van der Waals surface area contributed by atoms with Gasteiger partial charge < -0.3 is 10.1 Å². The summed E-state index contributed by atoms with van der Waals surface area (Å²) < 4.78 is 45.6. The number of pyridine rings is 1. The zero-order chi connectivity index (χ0) is 28.0. The molecule has 40 heavy (non-hydrogen) atoms. The summed E-state index contributed by atoms with van der Waals surface area (Å²) in [5.41, 5.74) is 2.97. The lowest BCUT2D eigenvalue weighted by molar-refractivity contribution is -0.138. The second kappa shape index (κ2) is 9.78. The molecule has 0 atom stereocenters. The maximum absolute atomic E-state index is 13.6. The summed E-state index contributed by atoms with van der Waals surface area (Å²) in [5.74, 6) is 0.468. The topological polar surface area (TPSA) is 89.0 Å². The minimum Gasteiger partial charge on any atom is -0.496 e. The summed E-state index contributed by atoms with van der Waals surface area (Å²) in [6.45, 7) is 2.00. The molecule has 3 aromatic carbocycles. The van der Waals surface area contributed by atoms with Crippen LogP contribution in [0.5, 0.6) is 5.75 Å². The molecule has 0 saturated heterocycles. The number of nitrogens with one attached hydrogen (secondary N) is 2. The van der Waals surface area contributed by atoms with E-state index < -0.39 is 11.7 Å². The zero-order valence-corrected chi connectivity index (χ0v) is 21.6. The molecule has 0 unspecified atom stereocenters. The second-order valence-electron chi connectivity index (χ2n) is 9.78. The Labute approximate surface area is 227 Å². The van der Waals surface area contributed by atoms with Crippen LogP contribution in [0, 0.1) is 12.8 Å². The number of amides is 1. The summed E-state index contributed by atoms with van der Waals surface area (Å²) in [4.78, 5) is 25.3. The van der Waals surface area contributed by atoms with Gasteiger partial charge in [0, 0.05) is 34.8 Å². The van der Waals surface area contributed by atoms with Crippen molar-refractivity contribution in [3.63, 3.8) is 0 Å². The molecule has 1 fully saturated rings. The van der Waals surface area contributed by atoms with Gasteiger partial charge in [-0.3, -0.25) is 10.1 Å². The third-order valence-electron chi connectivity index (χ3n) is 6.97. The molecule has 0 bridgehead atoms. The quantitative estimate of drug-likeness (QED) is 0.234. The van der Waals surface area contributed by atoms with Crippen molar-refractivity contribution >= 4 is 45.0 Å². The molecular formula is C30H24F3N5O2. The number of nitrogens with zero attached hydrogens (tertiary/aromatic N) is 3. The lowest BCUT2D eigenvalue weighted by atomic mass is 9.93. The van der Waals surface area contributed by atoms with Crippen LogP contribution in [0.4, 0.5) is 30.6 Å². The van der Waals surface area contributed by atoms with Crippen LogP contribution in [-0.2, 0) is 11.0 Å². The number of ether oxygens (including phenoxy) is 1. The van der Waals surface area contributed by atoms with Gasteiger partial charge in [-0.25, -0.2) is 15.0 Å². The number of rotatable bonds is 6. The highest BCUT2D eigenvalue weighted by Crippen LogP contribution is 2.40. The van der Waals surface area contributed by atoms with E-state index in [0.717, 1.165) is 51.8 Å². The van der Waals surface area contributed by atoms with E-state index in [4.69, 9.17) is 4.74 Å². The number of carbonyl (C=O) groups is 1. The van der Waals surface area contributed by atoms with E-state index in [9.17, 15) is 18.0 Å². The van der Waals surface area contributed by atoms with Gasteiger partial charge in [-0.05, 0) is 78.2 Å². The third-order valence-corrected chi connectivity index (χ3v) is 6.97. The first-order valence-electron chi connectivity index (χ1n) is 12.7. The van der Waals surface area contributed by atoms with E-state index >= 15 is 0 Å². The van der Waals surface area contributed by atoms with Crippen molar-refractivity contribution in [1.82, 2.24) is 15.0 Å². The number of fused-ring (bicyclic) bond motifs is 2. The molecule has 0 radical (unpaired) electrons.